The van der Waals surface area contributed by atoms with E-state index in [0.717, 1.165) is 5.75 Å². The highest BCUT2D eigenvalue weighted by Gasteiger charge is 2.16. The van der Waals surface area contributed by atoms with Crippen LogP contribution in [0.25, 0.3) is 0 Å². The average Bonchev–Trinajstić information content (AvgIpc) is 2.56. The van der Waals surface area contributed by atoms with Crippen molar-refractivity contribution >= 4 is 29.0 Å². The van der Waals surface area contributed by atoms with Crippen molar-refractivity contribution in [2.45, 2.75) is 0 Å². The van der Waals surface area contributed by atoms with E-state index < -0.39 is 0 Å². The molecule has 0 fully saturated rings. The van der Waals surface area contributed by atoms with Crippen molar-refractivity contribution in [3.63, 3.8) is 0 Å². The van der Waals surface area contributed by atoms with Crippen LogP contribution < -0.4 is 4.74 Å². The lowest BCUT2D eigenvalue weighted by Gasteiger charge is -2.08. The molecule has 0 radical (unpaired) electrons. The van der Waals surface area contributed by atoms with E-state index in [1.165, 1.54) is 0 Å². The average molecular weight is 343 g/mol. The molecule has 23 heavy (non-hydrogen) atoms. The van der Waals surface area contributed by atoms with Gasteiger partial charge < -0.3 is 4.74 Å². The summed E-state index contributed by atoms with van der Waals surface area (Å²) in [5, 5.41) is 0.680. The highest BCUT2D eigenvalue weighted by atomic mass is 35.5. The highest BCUT2D eigenvalue weighted by molar-refractivity contribution is 6.41. The Hall–Kier alpha value is -2.29. The fourth-order valence-electron chi connectivity index (χ4n) is 2.16. The molecule has 0 bridgehead atoms. The Labute approximate surface area is 144 Å². The molecule has 0 aliphatic rings. The van der Waals surface area contributed by atoms with Crippen molar-refractivity contribution in [1.29, 1.82) is 0 Å². The SMILES string of the molecule is O=C(c1ccc(Oc2ccccc2)cc1)c1c(Cl)cccc1Cl. The van der Waals surface area contributed by atoms with Crippen molar-refractivity contribution in [3.8, 4) is 11.5 Å². The number of benzene rings is 3. The summed E-state index contributed by atoms with van der Waals surface area (Å²) < 4.78 is 5.70. The second-order valence-electron chi connectivity index (χ2n) is 4.87. The number of carbonyl (C=O) groups excluding carboxylic acids is 1. The summed E-state index contributed by atoms with van der Waals surface area (Å²) in [6.45, 7) is 0. The van der Waals surface area contributed by atoms with Gasteiger partial charge in [0.1, 0.15) is 11.5 Å². The molecule has 3 rings (SSSR count). The van der Waals surface area contributed by atoms with E-state index in [4.69, 9.17) is 27.9 Å². The maximum Gasteiger partial charge on any atom is 0.196 e. The molecule has 0 saturated heterocycles. The summed E-state index contributed by atoms with van der Waals surface area (Å²) in [4.78, 5) is 12.5. The third-order valence-corrected chi connectivity index (χ3v) is 3.92. The Morgan fingerprint density at radius 1 is 0.696 bits per heavy atom. The van der Waals surface area contributed by atoms with Crippen LogP contribution in [0.1, 0.15) is 15.9 Å². The molecular formula is C19H12Cl2O2. The molecule has 0 unspecified atom stereocenters. The largest absolute Gasteiger partial charge is 0.457 e. The lowest BCUT2D eigenvalue weighted by Crippen LogP contribution is -2.03. The predicted molar refractivity (Wildman–Crippen MR) is 92.9 cm³/mol. The van der Waals surface area contributed by atoms with Crippen LogP contribution in [0.5, 0.6) is 11.5 Å². The fourth-order valence-corrected chi connectivity index (χ4v) is 2.73. The standard InChI is InChI=1S/C19H12Cl2O2/c20-16-7-4-8-17(21)18(16)19(22)13-9-11-15(12-10-13)23-14-5-2-1-3-6-14/h1-12H. The first-order valence-electron chi connectivity index (χ1n) is 6.97. The molecule has 0 aliphatic carbocycles. The van der Waals surface area contributed by atoms with Crippen molar-refractivity contribution in [2.75, 3.05) is 0 Å². The third kappa shape index (κ3) is 3.55. The maximum absolute atomic E-state index is 12.5. The Kier molecular flexibility index (Phi) is 4.65. The molecule has 0 saturated carbocycles. The number of hydrogen-bond donors (Lipinski definition) is 0. The number of hydrogen-bond acceptors (Lipinski definition) is 2. The molecule has 0 aliphatic heterocycles. The number of rotatable bonds is 4. The van der Waals surface area contributed by atoms with Crippen LogP contribution in [-0.2, 0) is 0 Å². The Morgan fingerprint density at radius 3 is 1.87 bits per heavy atom. The van der Waals surface area contributed by atoms with Gasteiger partial charge >= 0.3 is 0 Å². The second-order valence-corrected chi connectivity index (χ2v) is 5.68. The molecule has 114 valence electrons. The van der Waals surface area contributed by atoms with Gasteiger partial charge in [0.05, 0.1) is 15.6 Å². The third-order valence-electron chi connectivity index (χ3n) is 3.29. The summed E-state index contributed by atoms with van der Waals surface area (Å²) in [7, 11) is 0. The van der Waals surface area contributed by atoms with Crippen LogP contribution in [0.2, 0.25) is 10.0 Å². The van der Waals surface area contributed by atoms with Gasteiger partial charge in [-0.05, 0) is 48.5 Å². The zero-order valence-electron chi connectivity index (χ0n) is 12.0. The van der Waals surface area contributed by atoms with E-state index in [9.17, 15) is 4.79 Å². The van der Waals surface area contributed by atoms with Gasteiger partial charge in [0.15, 0.2) is 5.78 Å². The van der Waals surface area contributed by atoms with E-state index in [-0.39, 0.29) is 5.78 Å². The molecule has 0 aromatic heterocycles. The Balaban J connectivity index is 1.83. The van der Waals surface area contributed by atoms with Gasteiger partial charge in [-0.2, -0.15) is 0 Å². The van der Waals surface area contributed by atoms with E-state index in [0.29, 0.717) is 26.9 Å². The zero-order valence-corrected chi connectivity index (χ0v) is 13.5. The first kappa shape index (κ1) is 15.6. The van der Waals surface area contributed by atoms with Crippen LogP contribution in [0, 0.1) is 0 Å². The number of ether oxygens (including phenoxy) is 1. The van der Waals surface area contributed by atoms with Crippen molar-refractivity contribution in [1.82, 2.24) is 0 Å². The first-order chi connectivity index (χ1) is 11.1. The van der Waals surface area contributed by atoms with Crippen molar-refractivity contribution in [2.24, 2.45) is 0 Å². The fraction of sp³-hybridized carbons (Fsp3) is 0. The number of para-hydroxylation sites is 1. The van der Waals surface area contributed by atoms with Gasteiger partial charge in [0.25, 0.3) is 0 Å². The molecule has 3 aromatic carbocycles. The predicted octanol–water partition coefficient (Wildman–Crippen LogP) is 6.02. The molecule has 3 aromatic rings. The number of halogens is 2. The van der Waals surface area contributed by atoms with Gasteiger partial charge in [-0.1, -0.05) is 47.5 Å². The molecule has 0 atom stereocenters. The van der Waals surface area contributed by atoms with E-state index in [1.807, 2.05) is 30.3 Å². The molecule has 4 heteroatoms. The summed E-state index contributed by atoms with van der Waals surface area (Å²) in [6.07, 6.45) is 0. The maximum atomic E-state index is 12.5. The van der Waals surface area contributed by atoms with Crippen LogP contribution in [0.3, 0.4) is 0 Å². The van der Waals surface area contributed by atoms with Crippen LogP contribution in [0.4, 0.5) is 0 Å². The molecule has 0 spiro atoms. The smallest absolute Gasteiger partial charge is 0.196 e. The van der Waals surface area contributed by atoms with Gasteiger partial charge in [-0.25, -0.2) is 0 Å². The van der Waals surface area contributed by atoms with E-state index in [2.05, 4.69) is 0 Å². The van der Waals surface area contributed by atoms with Crippen molar-refractivity contribution < 1.29 is 9.53 Å². The second kappa shape index (κ2) is 6.86. The number of ketones is 1. The lowest BCUT2D eigenvalue weighted by molar-refractivity contribution is 0.103. The van der Waals surface area contributed by atoms with Gasteiger partial charge in [0.2, 0.25) is 0 Å². The Morgan fingerprint density at radius 2 is 1.26 bits per heavy atom. The summed E-state index contributed by atoms with van der Waals surface area (Å²) in [5.74, 6) is 1.17. The molecule has 0 amide bonds. The Bertz CT molecular complexity index is 807. The molecule has 2 nitrogen and oxygen atoms in total. The van der Waals surface area contributed by atoms with Crippen LogP contribution in [-0.4, -0.2) is 5.78 Å². The van der Waals surface area contributed by atoms with Gasteiger partial charge in [-0.15, -0.1) is 0 Å². The monoisotopic (exact) mass is 342 g/mol. The first-order valence-corrected chi connectivity index (χ1v) is 7.72. The summed E-state index contributed by atoms with van der Waals surface area (Å²) in [5.41, 5.74) is 0.813. The van der Waals surface area contributed by atoms with E-state index in [1.54, 1.807) is 42.5 Å². The summed E-state index contributed by atoms with van der Waals surface area (Å²) in [6, 6.07) is 21.3. The highest BCUT2D eigenvalue weighted by Crippen LogP contribution is 2.28. The van der Waals surface area contributed by atoms with Gasteiger partial charge in [-0.3, -0.25) is 4.79 Å². The minimum Gasteiger partial charge on any atom is -0.457 e. The summed E-state index contributed by atoms with van der Waals surface area (Å²) >= 11 is 12.2. The minimum absolute atomic E-state index is 0.216. The van der Waals surface area contributed by atoms with Crippen LogP contribution >= 0.6 is 23.2 Å². The molecule has 0 N–H and O–H groups in total. The van der Waals surface area contributed by atoms with E-state index >= 15 is 0 Å². The van der Waals surface area contributed by atoms with Crippen LogP contribution in [0.15, 0.2) is 72.8 Å². The normalized spacial score (nSPS) is 10.3. The zero-order chi connectivity index (χ0) is 16.2. The molecular weight excluding hydrogens is 331 g/mol. The topological polar surface area (TPSA) is 26.3 Å². The minimum atomic E-state index is -0.216. The molecule has 0 heterocycles. The number of carbonyl (C=O) groups is 1. The van der Waals surface area contributed by atoms with Gasteiger partial charge in [0, 0.05) is 5.56 Å². The quantitative estimate of drug-likeness (QED) is 0.542. The lowest BCUT2D eigenvalue weighted by atomic mass is 10.0. The van der Waals surface area contributed by atoms with Crippen molar-refractivity contribution in [3.05, 3.63) is 94.0 Å².